The number of hydrogen-bond donors (Lipinski definition) is 0. The van der Waals surface area contributed by atoms with Crippen molar-refractivity contribution < 1.29 is 9.53 Å². The summed E-state index contributed by atoms with van der Waals surface area (Å²) in [4.78, 5) is 11.3. The van der Waals surface area contributed by atoms with Crippen LogP contribution in [0, 0.1) is 0 Å². The average Bonchev–Trinajstić information content (AvgIpc) is 2.84. The van der Waals surface area contributed by atoms with Crippen LogP contribution in [0.5, 0.6) is 5.75 Å². The van der Waals surface area contributed by atoms with E-state index in [1.807, 2.05) is 42.8 Å². The first-order valence-corrected chi connectivity index (χ1v) is 6.45. The summed E-state index contributed by atoms with van der Waals surface area (Å²) in [6.07, 6.45) is 2.41. The predicted octanol–water partition coefficient (Wildman–Crippen LogP) is 2.82. The van der Waals surface area contributed by atoms with Crippen LogP contribution in [0.25, 0.3) is 5.69 Å². The Bertz CT molecular complexity index is 588. The van der Waals surface area contributed by atoms with Crippen molar-refractivity contribution in [3.8, 4) is 11.4 Å². The molecule has 0 saturated heterocycles. The molecule has 2 aromatic rings. The van der Waals surface area contributed by atoms with E-state index in [0.29, 0.717) is 5.56 Å². The fraction of sp³-hybridized carbons (Fsp3) is 0.333. The van der Waals surface area contributed by atoms with E-state index in [9.17, 15) is 4.79 Å². The van der Waals surface area contributed by atoms with Crippen molar-refractivity contribution in [2.45, 2.75) is 26.7 Å². The van der Waals surface area contributed by atoms with E-state index < -0.39 is 0 Å². The van der Waals surface area contributed by atoms with Gasteiger partial charge in [0.15, 0.2) is 6.29 Å². The van der Waals surface area contributed by atoms with Gasteiger partial charge in [0, 0.05) is 6.07 Å². The maximum Gasteiger partial charge on any atom is 0.153 e. The van der Waals surface area contributed by atoms with Gasteiger partial charge in [-0.05, 0) is 25.0 Å². The number of rotatable bonds is 5. The molecule has 0 saturated carbocycles. The number of methoxy groups -OCH3 is 1. The number of benzene rings is 1. The van der Waals surface area contributed by atoms with Crippen molar-refractivity contribution in [2.24, 2.45) is 0 Å². The smallest absolute Gasteiger partial charge is 0.153 e. The van der Waals surface area contributed by atoms with Gasteiger partial charge in [-0.15, -0.1) is 0 Å². The molecule has 19 heavy (non-hydrogen) atoms. The molecule has 0 amide bonds. The number of aromatic nitrogens is 2. The molecule has 0 unspecified atom stereocenters. The maximum atomic E-state index is 11.3. The number of hydrogen-bond acceptors (Lipinski definition) is 3. The molecule has 1 aromatic heterocycles. The van der Waals surface area contributed by atoms with E-state index in [1.54, 1.807) is 7.11 Å². The fourth-order valence-corrected chi connectivity index (χ4v) is 2.21. The van der Waals surface area contributed by atoms with Crippen LogP contribution in [0.1, 0.15) is 35.6 Å². The molecular weight excluding hydrogens is 240 g/mol. The van der Waals surface area contributed by atoms with E-state index in [2.05, 4.69) is 5.10 Å². The zero-order valence-electron chi connectivity index (χ0n) is 11.5. The Morgan fingerprint density at radius 3 is 2.68 bits per heavy atom. The van der Waals surface area contributed by atoms with Gasteiger partial charge in [-0.2, -0.15) is 5.10 Å². The van der Waals surface area contributed by atoms with Crippen LogP contribution in [0.4, 0.5) is 0 Å². The van der Waals surface area contributed by atoms with Crippen LogP contribution in [0.15, 0.2) is 24.3 Å². The molecule has 1 aromatic carbocycles. The monoisotopic (exact) mass is 258 g/mol. The van der Waals surface area contributed by atoms with Crippen LogP contribution >= 0.6 is 0 Å². The number of nitrogens with zero attached hydrogens (tertiary/aromatic N) is 2. The second kappa shape index (κ2) is 5.69. The van der Waals surface area contributed by atoms with Crippen molar-refractivity contribution in [1.29, 1.82) is 0 Å². The third-order valence-corrected chi connectivity index (χ3v) is 3.18. The topological polar surface area (TPSA) is 44.1 Å². The Balaban J connectivity index is 2.60. The van der Waals surface area contributed by atoms with Gasteiger partial charge in [-0.1, -0.05) is 19.9 Å². The molecule has 0 aliphatic heterocycles. The van der Waals surface area contributed by atoms with E-state index in [-0.39, 0.29) is 0 Å². The van der Waals surface area contributed by atoms with Crippen molar-refractivity contribution in [2.75, 3.05) is 7.11 Å². The molecule has 0 aliphatic rings. The summed E-state index contributed by atoms with van der Waals surface area (Å²) in [5, 5.41) is 4.55. The zero-order chi connectivity index (χ0) is 13.8. The van der Waals surface area contributed by atoms with Crippen LogP contribution in [-0.2, 0) is 12.8 Å². The van der Waals surface area contributed by atoms with Crippen LogP contribution in [0.2, 0.25) is 0 Å². The number of aryl methyl sites for hydroxylation is 1. The molecule has 0 radical (unpaired) electrons. The fourth-order valence-electron chi connectivity index (χ4n) is 2.21. The highest BCUT2D eigenvalue weighted by molar-refractivity contribution is 5.78. The summed E-state index contributed by atoms with van der Waals surface area (Å²) in [5.74, 6) is 0.778. The summed E-state index contributed by atoms with van der Waals surface area (Å²) in [6.45, 7) is 4.03. The van der Waals surface area contributed by atoms with E-state index in [4.69, 9.17) is 4.74 Å². The Kier molecular flexibility index (Phi) is 4.00. The average molecular weight is 258 g/mol. The SMILES string of the molecule is CCc1nn(-c2cccc(OC)c2)c(CC)c1C=O. The lowest BCUT2D eigenvalue weighted by molar-refractivity contribution is 0.112. The van der Waals surface area contributed by atoms with Gasteiger partial charge in [-0.3, -0.25) is 4.79 Å². The minimum Gasteiger partial charge on any atom is -0.497 e. The van der Waals surface area contributed by atoms with Crippen molar-refractivity contribution in [3.05, 3.63) is 41.2 Å². The number of ether oxygens (including phenoxy) is 1. The Morgan fingerprint density at radius 1 is 1.32 bits per heavy atom. The number of carbonyl (C=O) groups excluding carboxylic acids is 1. The Labute approximate surface area is 113 Å². The Hall–Kier alpha value is -2.10. The summed E-state index contributed by atoms with van der Waals surface area (Å²) in [5.41, 5.74) is 3.42. The van der Waals surface area contributed by atoms with E-state index in [1.165, 1.54) is 0 Å². The van der Waals surface area contributed by atoms with Gasteiger partial charge in [0.2, 0.25) is 0 Å². The first-order valence-electron chi connectivity index (χ1n) is 6.45. The highest BCUT2D eigenvalue weighted by Crippen LogP contribution is 2.21. The largest absolute Gasteiger partial charge is 0.497 e. The van der Waals surface area contributed by atoms with Crippen molar-refractivity contribution in [1.82, 2.24) is 9.78 Å². The number of carbonyl (C=O) groups is 1. The molecule has 2 rings (SSSR count). The molecule has 0 N–H and O–H groups in total. The molecule has 100 valence electrons. The van der Waals surface area contributed by atoms with Gasteiger partial charge < -0.3 is 4.74 Å². The lowest BCUT2D eigenvalue weighted by atomic mass is 10.1. The quantitative estimate of drug-likeness (QED) is 0.775. The summed E-state index contributed by atoms with van der Waals surface area (Å²) >= 11 is 0. The first kappa shape index (κ1) is 13.3. The first-order chi connectivity index (χ1) is 9.24. The van der Waals surface area contributed by atoms with Gasteiger partial charge in [0.25, 0.3) is 0 Å². The summed E-state index contributed by atoms with van der Waals surface area (Å²) in [6, 6.07) is 7.68. The van der Waals surface area contributed by atoms with Gasteiger partial charge in [-0.25, -0.2) is 4.68 Å². The van der Waals surface area contributed by atoms with Crippen LogP contribution < -0.4 is 4.74 Å². The minimum atomic E-state index is 0.716. The highest BCUT2D eigenvalue weighted by atomic mass is 16.5. The molecule has 0 spiro atoms. The van der Waals surface area contributed by atoms with Crippen molar-refractivity contribution >= 4 is 6.29 Å². The summed E-state index contributed by atoms with van der Waals surface area (Å²) < 4.78 is 7.07. The Morgan fingerprint density at radius 2 is 2.11 bits per heavy atom. The highest BCUT2D eigenvalue weighted by Gasteiger charge is 2.16. The summed E-state index contributed by atoms with van der Waals surface area (Å²) in [7, 11) is 1.64. The second-order valence-electron chi connectivity index (χ2n) is 4.25. The van der Waals surface area contributed by atoms with Gasteiger partial charge in [0.1, 0.15) is 5.75 Å². The molecule has 1 heterocycles. The standard InChI is InChI=1S/C15H18N2O2/c1-4-14-13(10-18)15(5-2)17(16-14)11-7-6-8-12(9-11)19-3/h6-10H,4-5H2,1-3H3. The van der Waals surface area contributed by atoms with Gasteiger partial charge in [0.05, 0.1) is 29.7 Å². The normalized spacial score (nSPS) is 10.5. The lowest BCUT2D eigenvalue weighted by Crippen LogP contribution is -2.02. The number of aldehydes is 1. The van der Waals surface area contributed by atoms with Crippen LogP contribution in [0.3, 0.4) is 0 Å². The van der Waals surface area contributed by atoms with E-state index >= 15 is 0 Å². The van der Waals surface area contributed by atoms with Crippen molar-refractivity contribution in [3.63, 3.8) is 0 Å². The molecule has 0 aliphatic carbocycles. The zero-order valence-corrected chi connectivity index (χ0v) is 11.5. The minimum absolute atomic E-state index is 0.716. The molecule has 4 nitrogen and oxygen atoms in total. The molecule has 0 bridgehead atoms. The molecule has 4 heteroatoms. The molecule has 0 fully saturated rings. The third-order valence-electron chi connectivity index (χ3n) is 3.18. The lowest BCUT2D eigenvalue weighted by Gasteiger charge is -2.08. The van der Waals surface area contributed by atoms with Crippen LogP contribution in [-0.4, -0.2) is 23.2 Å². The third kappa shape index (κ3) is 2.38. The maximum absolute atomic E-state index is 11.3. The molecule has 0 atom stereocenters. The predicted molar refractivity (Wildman–Crippen MR) is 74.3 cm³/mol. The second-order valence-corrected chi connectivity index (χ2v) is 4.25. The van der Waals surface area contributed by atoms with Gasteiger partial charge >= 0.3 is 0 Å². The molecular formula is C15H18N2O2. The van der Waals surface area contributed by atoms with E-state index in [0.717, 1.165) is 42.0 Å².